The average Bonchev–Trinajstić information content (AvgIpc) is 2.99. The lowest BCUT2D eigenvalue weighted by atomic mass is 10.0. The van der Waals surface area contributed by atoms with Crippen molar-refractivity contribution in [3.05, 3.63) is 77.9 Å². The minimum Gasteiger partial charge on any atom is -0.379 e. The first-order chi connectivity index (χ1) is 10.9. The Kier molecular flexibility index (Phi) is 3.53. The Hall–Kier alpha value is -2.32. The van der Waals surface area contributed by atoms with Gasteiger partial charge in [0.05, 0.1) is 19.3 Å². The van der Waals surface area contributed by atoms with Gasteiger partial charge in [-0.3, -0.25) is 0 Å². The molecular formula is C20H19NO. The van der Waals surface area contributed by atoms with Crippen LogP contribution in [0.25, 0.3) is 10.8 Å². The molecule has 2 heteroatoms. The van der Waals surface area contributed by atoms with Gasteiger partial charge in [-0.1, -0.05) is 66.7 Å². The second-order valence-electron chi connectivity index (χ2n) is 5.87. The maximum Gasteiger partial charge on any atom is 0.0717 e. The van der Waals surface area contributed by atoms with Gasteiger partial charge in [-0.15, -0.1) is 0 Å². The molecular weight excluding hydrogens is 270 g/mol. The molecule has 22 heavy (non-hydrogen) atoms. The Bertz CT molecular complexity index is 782. The average molecular weight is 289 g/mol. The van der Waals surface area contributed by atoms with Gasteiger partial charge in [-0.2, -0.15) is 0 Å². The van der Waals surface area contributed by atoms with Crippen molar-refractivity contribution in [2.24, 2.45) is 0 Å². The zero-order valence-electron chi connectivity index (χ0n) is 12.5. The number of hydrogen-bond donors (Lipinski definition) is 1. The highest BCUT2D eigenvalue weighted by atomic mass is 16.5. The number of hydrogen-bond acceptors (Lipinski definition) is 2. The summed E-state index contributed by atoms with van der Waals surface area (Å²) in [5, 5.41) is 6.24. The van der Waals surface area contributed by atoms with Crippen LogP contribution in [0.3, 0.4) is 0 Å². The summed E-state index contributed by atoms with van der Waals surface area (Å²) in [6.45, 7) is 1.41. The van der Waals surface area contributed by atoms with Gasteiger partial charge in [0.1, 0.15) is 0 Å². The molecule has 1 unspecified atom stereocenters. The van der Waals surface area contributed by atoms with Crippen molar-refractivity contribution in [1.29, 1.82) is 0 Å². The van der Waals surface area contributed by atoms with Crippen LogP contribution in [0, 0.1) is 0 Å². The van der Waals surface area contributed by atoms with Crippen LogP contribution in [-0.4, -0.2) is 12.6 Å². The third-order valence-electron chi connectivity index (χ3n) is 4.26. The van der Waals surface area contributed by atoms with E-state index in [-0.39, 0.29) is 0 Å². The van der Waals surface area contributed by atoms with Crippen molar-refractivity contribution in [3.63, 3.8) is 0 Å². The Morgan fingerprint density at radius 3 is 2.64 bits per heavy atom. The molecule has 110 valence electrons. The Morgan fingerprint density at radius 2 is 1.73 bits per heavy atom. The SMILES string of the molecule is c1ccc(COCC2Cc3ccc4ccccc4c3N2)cc1. The largest absolute Gasteiger partial charge is 0.379 e. The predicted octanol–water partition coefficient (Wildman–Crippen LogP) is 4.39. The van der Waals surface area contributed by atoms with Crippen molar-refractivity contribution in [3.8, 4) is 0 Å². The lowest BCUT2D eigenvalue weighted by Gasteiger charge is -2.12. The molecule has 3 aromatic rings. The molecule has 1 heterocycles. The van der Waals surface area contributed by atoms with Crippen molar-refractivity contribution >= 4 is 16.5 Å². The van der Waals surface area contributed by atoms with Crippen molar-refractivity contribution in [2.75, 3.05) is 11.9 Å². The fraction of sp³-hybridized carbons (Fsp3) is 0.200. The summed E-state index contributed by atoms with van der Waals surface area (Å²) < 4.78 is 5.88. The lowest BCUT2D eigenvalue weighted by molar-refractivity contribution is 0.113. The minimum absolute atomic E-state index is 0.365. The molecule has 0 radical (unpaired) electrons. The van der Waals surface area contributed by atoms with E-state index in [2.05, 4.69) is 66.0 Å². The molecule has 1 aliphatic rings. The molecule has 3 aromatic carbocycles. The zero-order chi connectivity index (χ0) is 14.8. The molecule has 0 saturated carbocycles. The summed E-state index contributed by atoms with van der Waals surface area (Å²) in [5.74, 6) is 0. The van der Waals surface area contributed by atoms with E-state index in [1.54, 1.807) is 0 Å². The third-order valence-corrected chi connectivity index (χ3v) is 4.26. The van der Waals surface area contributed by atoms with Crippen molar-refractivity contribution < 1.29 is 4.74 Å². The first-order valence-corrected chi connectivity index (χ1v) is 7.79. The predicted molar refractivity (Wildman–Crippen MR) is 91.2 cm³/mol. The van der Waals surface area contributed by atoms with Gasteiger partial charge < -0.3 is 10.1 Å². The molecule has 0 amide bonds. The van der Waals surface area contributed by atoms with Crippen LogP contribution in [0.2, 0.25) is 0 Å². The first-order valence-electron chi connectivity index (χ1n) is 7.79. The van der Waals surface area contributed by atoms with Gasteiger partial charge in [0.15, 0.2) is 0 Å². The highest BCUT2D eigenvalue weighted by Gasteiger charge is 2.22. The van der Waals surface area contributed by atoms with Gasteiger partial charge in [0.2, 0.25) is 0 Å². The Labute approximate surface area is 130 Å². The summed E-state index contributed by atoms with van der Waals surface area (Å²) in [7, 11) is 0. The van der Waals surface area contributed by atoms with Crippen LogP contribution in [0.1, 0.15) is 11.1 Å². The second kappa shape index (κ2) is 5.82. The summed E-state index contributed by atoms with van der Waals surface area (Å²) in [6.07, 6.45) is 1.04. The molecule has 0 saturated heterocycles. The van der Waals surface area contributed by atoms with Crippen LogP contribution < -0.4 is 5.32 Å². The van der Waals surface area contributed by atoms with E-state index in [0.717, 1.165) is 13.0 Å². The second-order valence-corrected chi connectivity index (χ2v) is 5.87. The molecule has 2 nitrogen and oxygen atoms in total. The fourth-order valence-electron chi connectivity index (χ4n) is 3.17. The van der Waals surface area contributed by atoms with E-state index in [9.17, 15) is 0 Å². The van der Waals surface area contributed by atoms with Gasteiger partial charge in [0.25, 0.3) is 0 Å². The topological polar surface area (TPSA) is 21.3 Å². The van der Waals surface area contributed by atoms with E-state index in [1.807, 2.05) is 6.07 Å². The van der Waals surface area contributed by atoms with E-state index >= 15 is 0 Å². The first kappa shape index (κ1) is 13.4. The molecule has 1 aliphatic heterocycles. The van der Waals surface area contributed by atoms with Gasteiger partial charge in [-0.05, 0) is 22.9 Å². The van der Waals surface area contributed by atoms with Gasteiger partial charge >= 0.3 is 0 Å². The number of fused-ring (bicyclic) bond motifs is 3. The molecule has 4 rings (SSSR count). The molecule has 0 spiro atoms. The number of nitrogens with one attached hydrogen (secondary N) is 1. The summed E-state index contributed by atoms with van der Waals surface area (Å²) >= 11 is 0. The number of rotatable bonds is 4. The van der Waals surface area contributed by atoms with E-state index in [1.165, 1.54) is 27.6 Å². The van der Waals surface area contributed by atoms with Crippen LogP contribution in [0.4, 0.5) is 5.69 Å². The summed E-state index contributed by atoms with van der Waals surface area (Å²) in [4.78, 5) is 0. The standard InChI is InChI=1S/C20H19NO/c1-2-6-15(7-3-1)13-22-14-18-12-17-11-10-16-8-4-5-9-19(16)20(17)21-18/h1-11,18,21H,12-14H2. The number of ether oxygens (including phenoxy) is 1. The molecule has 1 N–H and O–H groups in total. The van der Waals surface area contributed by atoms with Crippen molar-refractivity contribution in [1.82, 2.24) is 0 Å². The molecule has 0 fully saturated rings. The maximum absolute atomic E-state index is 5.88. The van der Waals surface area contributed by atoms with Gasteiger partial charge in [-0.25, -0.2) is 0 Å². The smallest absolute Gasteiger partial charge is 0.0717 e. The monoisotopic (exact) mass is 289 g/mol. The summed E-state index contributed by atoms with van der Waals surface area (Å²) in [6, 6.07) is 23.7. The van der Waals surface area contributed by atoms with Gasteiger partial charge in [0, 0.05) is 11.1 Å². The Morgan fingerprint density at radius 1 is 0.909 bits per heavy atom. The molecule has 0 aromatic heterocycles. The third kappa shape index (κ3) is 2.58. The highest BCUT2D eigenvalue weighted by molar-refractivity contribution is 5.96. The van der Waals surface area contributed by atoms with Crippen LogP contribution in [0.5, 0.6) is 0 Å². The molecule has 0 aliphatic carbocycles. The van der Waals surface area contributed by atoms with Crippen LogP contribution in [-0.2, 0) is 17.8 Å². The minimum atomic E-state index is 0.365. The zero-order valence-corrected chi connectivity index (χ0v) is 12.5. The molecule has 0 bridgehead atoms. The summed E-state index contributed by atoms with van der Waals surface area (Å²) in [5.41, 5.74) is 3.90. The van der Waals surface area contributed by atoms with E-state index in [4.69, 9.17) is 4.74 Å². The van der Waals surface area contributed by atoms with Crippen LogP contribution >= 0.6 is 0 Å². The van der Waals surface area contributed by atoms with E-state index < -0.39 is 0 Å². The van der Waals surface area contributed by atoms with E-state index in [0.29, 0.717) is 12.6 Å². The normalized spacial score (nSPS) is 16.5. The number of anilines is 1. The van der Waals surface area contributed by atoms with Crippen molar-refractivity contribution in [2.45, 2.75) is 19.1 Å². The van der Waals surface area contributed by atoms with Crippen LogP contribution in [0.15, 0.2) is 66.7 Å². The quantitative estimate of drug-likeness (QED) is 0.769. The maximum atomic E-state index is 5.88. The Balaban J connectivity index is 1.43. The fourth-order valence-corrected chi connectivity index (χ4v) is 3.17. The lowest BCUT2D eigenvalue weighted by Crippen LogP contribution is -2.22. The molecule has 1 atom stereocenters. The number of benzene rings is 3. The highest BCUT2D eigenvalue weighted by Crippen LogP contribution is 2.33.